The van der Waals surface area contributed by atoms with Gasteiger partial charge in [0.2, 0.25) is 0 Å². The van der Waals surface area contributed by atoms with Gasteiger partial charge in [-0.1, -0.05) is 11.6 Å². The average Bonchev–Trinajstić information content (AvgIpc) is 2.36. The largest absolute Gasteiger partial charge is 0.507 e. The van der Waals surface area contributed by atoms with Gasteiger partial charge in [-0.05, 0) is 18.2 Å². The van der Waals surface area contributed by atoms with Crippen LogP contribution in [0.25, 0.3) is 0 Å². The minimum absolute atomic E-state index is 0.0998. The first-order chi connectivity index (χ1) is 8.65. The smallest absolute Gasteiger partial charge is 0.255 e. The van der Waals surface area contributed by atoms with Crippen molar-refractivity contribution in [3.63, 3.8) is 0 Å². The number of aromatic hydroxyl groups is 1. The number of hydrogen-bond donors (Lipinski definition) is 2. The molecule has 0 aliphatic rings. The Hall–Kier alpha value is -1.30. The van der Waals surface area contributed by atoms with Gasteiger partial charge in [0.05, 0.1) is 25.4 Å². The van der Waals surface area contributed by atoms with Crippen LogP contribution in [-0.4, -0.2) is 44.5 Å². The number of hydrogen-bond acceptors (Lipinski definition) is 4. The van der Waals surface area contributed by atoms with Gasteiger partial charge in [-0.25, -0.2) is 0 Å². The lowest BCUT2D eigenvalue weighted by molar-refractivity contribution is 0.0692. The molecule has 0 radical (unpaired) electrons. The van der Waals surface area contributed by atoms with Gasteiger partial charge in [-0.15, -0.1) is 0 Å². The summed E-state index contributed by atoms with van der Waals surface area (Å²) < 4.78 is 9.99. The molecule has 1 aromatic rings. The summed E-state index contributed by atoms with van der Waals surface area (Å²) >= 11 is 5.75. The van der Waals surface area contributed by atoms with Crippen molar-refractivity contribution in [3.8, 4) is 5.75 Å². The van der Waals surface area contributed by atoms with Crippen LogP contribution in [0.4, 0.5) is 0 Å². The Kier molecular flexibility index (Phi) is 6.49. The predicted octanol–water partition coefficient (Wildman–Crippen LogP) is 1.44. The third-order valence-corrected chi connectivity index (χ3v) is 2.40. The molecule has 5 nitrogen and oxygen atoms in total. The lowest BCUT2D eigenvalue weighted by Crippen LogP contribution is -2.27. The summed E-state index contributed by atoms with van der Waals surface area (Å²) in [4.78, 5) is 11.7. The fourth-order valence-electron chi connectivity index (χ4n) is 1.27. The summed E-state index contributed by atoms with van der Waals surface area (Å²) in [6, 6.07) is 4.31. The number of ether oxygens (including phenoxy) is 2. The topological polar surface area (TPSA) is 67.8 Å². The van der Waals surface area contributed by atoms with Crippen LogP contribution in [0.3, 0.4) is 0 Å². The number of phenolic OH excluding ortho intramolecular Hbond substituents is 1. The molecule has 0 bridgehead atoms. The number of phenols is 1. The molecule has 0 heterocycles. The van der Waals surface area contributed by atoms with Crippen molar-refractivity contribution in [1.29, 1.82) is 0 Å². The highest BCUT2D eigenvalue weighted by Gasteiger charge is 2.10. The van der Waals surface area contributed by atoms with E-state index in [2.05, 4.69) is 5.32 Å². The lowest BCUT2D eigenvalue weighted by atomic mass is 10.2. The quantitative estimate of drug-likeness (QED) is 0.738. The molecule has 1 amide bonds. The highest BCUT2D eigenvalue weighted by Crippen LogP contribution is 2.20. The van der Waals surface area contributed by atoms with Crippen molar-refractivity contribution in [1.82, 2.24) is 5.32 Å². The maximum absolute atomic E-state index is 11.7. The molecule has 0 saturated heterocycles. The Labute approximate surface area is 111 Å². The lowest BCUT2D eigenvalue weighted by Gasteiger charge is -2.07. The Morgan fingerprint density at radius 3 is 2.89 bits per heavy atom. The molecule has 1 rings (SSSR count). The van der Waals surface area contributed by atoms with Crippen LogP contribution in [0.5, 0.6) is 5.75 Å². The molecule has 0 unspecified atom stereocenters. The van der Waals surface area contributed by atoms with Gasteiger partial charge >= 0.3 is 0 Å². The number of halogens is 1. The first kappa shape index (κ1) is 14.8. The highest BCUT2D eigenvalue weighted by molar-refractivity contribution is 6.31. The molecule has 0 fully saturated rings. The Morgan fingerprint density at radius 2 is 2.17 bits per heavy atom. The monoisotopic (exact) mass is 273 g/mol. The Balaban J connectivity index is 2.34. The van der Waals surface area contributed by atoms with Gasteiger partial charge in [-0.3, -0.25) is 4.79 Å². The molecule has 100 valence electrons. The molecule has 0 saturated carbocycles. The SMILES string of the molecule is COCCOCCNC(=O)c1cc(Cl)ccc1O. The maximum Gasteiger partial charge on any atom is 0.255 e. The third-order valence-electron chi connectivity index (χ3n) is 2.17. The molecule has 2 N–H and O–H groups in total. The maximum atomic E-state index is 11.7. The van der Waals surface area contributed by atoms with Crippen molar-refractivity contribution < 1.29 is 19.4 Å². The molecule has 6 heteroatoms. The average molecular weight is 274 g/mol. The fraction of sp³-hybridized carbons (Fsp3) is 0.417. The van der Waals surface area contributed by atoms with Crippen LogP contribution in [0.15, 0.2) is 18.2 Å². The van der Waals surface area contributed by atoms with E-state index in [0.29, 0.717) is 31.4 Å². The standard InChI is InChI=1S/C12H16ClNO4/c1-17-6-7-18-5-4-14-12(16)10-8-9(13)2-3-11(10)15/h2-3,8,15H,4-7H2,1H3,(H,14,16). The second-order valence-corrected chi connectivity index (χ2v) is 3.96. The van der Waals surface area contributed by atoms with E-state index in [9.17, 15) is 9.90 Å². The molecule has 0 atom stereocenters. The van der Waals surface area contributed by atoms with E-state index in [4.69, 9.17) is 21.1 Å². The van der Waals surface area contributed by atoms with Crippen molar-refractivity contribution in [2.45, 2.75) is 0 Å². The zero-order valence-corrected chi connectivity index (χ0v) is 10.9. The minimum Gasteiger partial charge on any atom is -0.507 e. The zero-order chi connectivity index (χ0) is 13.4. The minimum atomic E-state index is -0.384. The number of rotatable bonds is 7. The highest BCUT2D eigenvalue weighted by atomic mass is 35.5. The van der Waals surface area contributed by atoms with Crippen LogP contribution < -0.4 is 5.32 Å². The Morgan fingerprint density at radius 1 is 1.39 bits per heavy atom. The first-order valence-electron chi connectivity index (χ1n) is 5.48. The first-order valence-corrected chi connectivity index (χ1v) is 5.86. The van der Waals surface area contributed by atoms with E-state index in [1.165, 1.54) is 18.2 Å². The number of carbonyl (C=O) groups is 1. The van der Waals surface area contributed by atoms with E-state index >= 15 is 0 Å². The van der Waals surface area contributed by atoms with E-state index in [-0.39, 0.29) is 17.2 Å². The van der Waals surface area contributed by atoms with Gasteiger partial charge in [0, 0.05) is 18.7 Å². The molecular formula is C12H16ClNO4. The van der Waals surface area contributed by atoms with Gasteiger partial charge in [-0.2, -0.15) is 0 Å². The zero-order valence-electron chi connectivity index (χ0n) is 10.1. The summed E-state index contributed by atoms with van der Waals surface area (Å²) in [5, 5.41) is 12.5. The summed E-state index contributed by atoms with van der Waals surface area (Å²) in [5.41, 5.74) is 0.152. The molecular weight excluding hydrogens is 258 g/mol. The van der Waals surface area contributed by atoms with Crippen LogP contribution in [0, 0.1) is 0 Å². The van der Waals surface area contributed by atoms with Gasteiger partial charge < -0.3 is 19.9 Å². The molecule has 0 aliphatic heterocycles. The van der Waals surface area contributed by atoms with E-state index < -0.39 is 0 Å². The predicted molar refractivity (Wildman–Crippen MR) is 68.1 cm³/mol. The van der Waals surface area contributed by atoms with Gasteiger partial charge in [0.1, 0.15) is 5.75 Å². The van der Waals surface area contributed by atoms with Crippen LogP contribution in [-0.2, 0) is 9.47 Å². The fourth-order valence-corrected chi connectivity index (χ4v) is 1.44. The van der Waals surface area contributed by atoms with Crippen LogP contribution in [0.2, 0.25) is 5.02 Å². The normalized spacial score (nSPS) is 10.3. The third kappa shape index (κ3) is 4.91. The van der Waals surface area contributed by atoms with Crippen molar-refractivity contribution in [2.75, 3.05) is 33.5 Å². The van der Waals surface area contributed by atoms with Gasteiger partial charge in [0.25, 0.3) is 5.91 Å². The number of benzene rings is 1. The molecule has 0 aromatic heterocycles. The summed E-state index contributed by atoms with van der Waals surface area (Å²) in [5.74, 6) is -0.484. The van der Waals surface area contributed by atoms with Gasteiger partial charge in [0.15, 0.2) is 0 Å². The molecule has 18 heavy (non-hydrogen) atoms. The summed E-state index contributed by atoms with van der Waals surface area (Å²) in [6.07, 6.45) is 0. The van der Waals surface area contributed by atoms with Crippen molar-refractivity contribution in [3.05, 3.63) is 28.8 Å². The second kappa shape index (κ2) is 7.92. The van der Waals surface area contributed by atoms with Crippen LogP contribution in [0.1, 0.15) is 10.4 Å². The summed E-state index contributed by atoms with van der Waals surface area (Å²) in [7, 11) is 1.59. The van der Waals surface area contributed by atoms with Crippen molar-refractivity contribution >= 4 is 17.5 Å². The van der Waals surface area contributed by atoms with E-state index in [1.807, 2.05) is 0 Å². The molecule has 0 spiro atoms. The number of carbonyl (C=O) groups excluding carboxylic acids is 1. The van der Waals surface area contributed by atoms with E-state index in [0.717, 1.165) is 0 Å². The Bertz CT molecular complexity index is 398. The number of methoxy groups -OCH3 is 1. The van der Waals surface area contributed by atoms with E-state index in [1.54, 1.807) is 7.11 Å². The molecule has 1 aromatic carbocycles. The summed E-state index contributed by atoms with van der Waals surface area (Å²) in [6.45, 7) is 1.74. The number of nitrogens with one attached hydrogen (secondary N) is 1. The van der Waals surface area contributed by atoms with Crippen molar-refractivity contribution in [2.24, 2.45) is 0 Å². The van der Waals surface area contributed by atoms with Crippen LogP contribution >= 0.6 is 11.6 Å². The number of amides is 1. The molecule has 0 aliphatic carbocycles. The second-order valence-electron chi connectivity index (χ2n) is 3.52.